The summed E-state index contributed by atoms with van der Waals surface area (Å²) in [7, 11) is 1.88. The van der Waals surface area contributed by atoms with Gasteiger partial charge in [-0.15, -0.1) is 0 Å². The maximum absolute atomic E-state index is 12.0. The number of nitrogens with zero attached hydrogens (tertiary/aromatic N) is 4. The predicted molar refractivity (Wildman–Crippen MR) is 68.7 cm³/mol. The van der Waals surface area contributed by atoms with Crippen LogP contribution in [0.1, 0.15) is 16.2 Å². The molecule has 0 spiro atoms. The predicted octanol–water partition coefficient (Wildman–Crippen LogP) is 1.85. The largest absolute Gasteiger partial charge is 0.292 e. The van der Waals surface area contributed by atoms with Crippen molar-refractivity contribution in [3.8, 4) is 0 Å². The molecule has 0 atom stereocenters. The van der Waals surface area contributed by atoms with E-state index in [9.17, 15) is 4.79 Å². The first-order valence-electron chi connectivity index (χ1n) is 5.47. The van der Waals surface area contributed by atoms with Crippen LogP contribution in [0.25, 0.3) is 10.9 Å². The Morgan fingerprint density at radius 3 is 3.00 bits per heavy atom. The summed E-state index contributed by atoms with van der Waals surface area (Å²) < 4.78 is 9.57. The van der Waals surface area contributed by atoms with E-state index in [0.717, 1.165) is 28.3 Å². The fourth-order valence-electron chi connectivity index (χ4n) is 1.95. The maximum atomic E-state index is 12.0. The average molecular weight is 258 g/mol. The van der Waals surface area contributed by atoms with Crippen LogP contribution in [0.2, 0.25) is 0 Å². The van der Waals surface area contributed by atoms with E-state index in [2.05, 4.69) is 13.8 Å². The number of carbonyl (C=O) groups is 1. The van der Waals surface area contributed by atoms with Crippen molar-refractivity contribution in [3.05, 3.63) is 41.9 Å². The molecule has 0 saturated carbocycles. The van der Waals surface area contributed by atoms with Crippen molar-refractivity contribution in [1.29, 1.82) is 0 Å². The van der Waals surface area contributed by atoms with Gasteiger partial charge in [-0.3, -0.25) is 9.48 Å². The molecule has 2 aromatic heterocycles. The molecule has 0 aliphatic carbocycles. The molecule has 5 nitrogen and oxygen atoms in total. The number of aryl methyl sites for hydroxylation is 1. The van der Waals surface area contributed by atoms with Gasteiger partial charge in [0.05, 0.1) is 35.6 Å². The maximum Gasteiger partial charge on any atom is 0.189 e. The van der Waals surface area contributed by atoms with Gasteiger partial charge in [-0.1, -0.05) is 18.2 Å². The second-order valence-corrected chi connectivity index (χ2v) is 4.54. The lowest BCUT2D eigenvalue weighted by Crippen LogP contribution is -2.05. The van der Waals surface area contributed by atoms with Crippen LogP contribution < -0.4 is 0 Å². The third-order valence-corrected chi connectivity index (χ3v) is 3.29. The van der Waals surface area contributed by atoms with Crippen molar-refractivity contribution in [2.75, 3.05) is 0 Å². The zero-order valence-electron chi connectivity index (χ0n) is 9.70. The molecule has 18 heavy (non-hydrogen) atoms. The van der Waals surface area contributed by atoms with Gasteiger partial charge >= 0.3 is 0 Å². The number of benzene rings is 1. The second kappa shape index (κ2) is 4.30. The molecule has 3 rings (SSSR count). The first-order chi connectivity index (χ1) is 8.75. The molecule has 90 valence electrons. The Labute approximate surface area is 107 Å². The summed E-state index contributed by atoms with van der Waals surface area (Å²) in [5.41, 5.74) is 2.22. The normalized spacial score (nSPS) is 10.9. The Bertz CT molecular complexity index is 702. The molecule has 2 heterocycles. The van der Waals surface area contributed by atoms with Crippen LogP contribution in [0.3, 0.4) is 0 Å². The van der Waals surface area contributed by atoms with E-state index < -0.39 is 0 Å². The van der Waals surface area contributed by atoms with Crippen LogP contribution in [-0.4, -0.2) is 24.3 Å². The summed E-state index contributed by atoms with van der Waals surface area (Å²) >= 11 is 1.04. The minimum absolute atomic E-state index is 0.0485. The van der Waals surface area contributed by atoms with E-state index >= 15 is 0 Å². The summed E-state index contributed by atoms with van der Waals surface area (Å²) in [6.07, 6.45) is 1.75. The fourth-order valence-corrected chi connectivity index (χ4v) is 2.38. The van der Waals surface area contributed by atoms with E-state index in [1.54, 1.807) is 4.68 Å². The van der Waals surface area contributed by atoms with Gasteiger partial charge in [0.15, 0.2) is 5.78 Å². The molecule has 0 bridgehead atoms. The number of aromatic nitrogens is 4. The Morgan fingerprint density at radius 2 is 2.22 bits per heavy atom. The van der Waals surface area contributed by atoms with Crippen molar-refractivity contribution in [1.82, 2.24) is 18.5 Å². The lowest BCUT2D eigenvalue weighted by molar-refractivity contribution is 0.0988. The number of carbonyl (C=O) groups excluding carboxylic acids is 1. The third kappa shape index (κ3) is 1.80. The summed E-state index contributed by atoms with van der Waals surface area (Å²) in [4.78, 5) is 12.0. The van der Waals surface area contributed by atoms with Crippen LogP contribution in [0, 0.1) is 0 Å². The zero-order valence-corrected chi connectivity index (χ0v) is 10.5. The highest BCUT2D eigenvalue weighted by molar-refractivity contribution is 6.99. The van der Waals surface area contributed by atoms with Crippen molar-refractivity contribution < 1.29 is 4.79 Å². The van der Waals surface area contributed by atoms with Crippen LogP contribution in [0.15, 0.2) is 30.5 Å². The molecule has 3 aromatic rings. The SMILES string of the molecule is Cn1nc(CC(=O)c2cnsn2)c2ccccc21. The molecule has 0 fully saturated rings. The molecular formula is C12H10N4OS. The van der Waals surface area contributed by atoms with Crippen molar-refractivity contribution in [2.45, 2.75) is 6.42 Å². The van der Waals surface area contributed by atoms with Crippen LogP contribution in [0.4, 0.5) is 0 Å². The molecule has 1 aromatic carbocycles. The lowest BCUT2D eigenvalue weighted by Gasteiger charge is -1.94. The molecule has 0 amide bonds. The highest BCUT2D eigenvalue weighted by Gasteiger charge is 2.15. The van der Waals surface area contributed by atoms with Gasteiger partial charge in [0.25, 0.3) is 0 Å². The van der Waals surface area contributed by atoms with Gasteiger partial charge in [0.1, 0.15) is 5.69 Å². The van der Waals surface area contributed by atoms with Crippen molar-refractivity contribution >= 4 is 28.4 Å². The van der Waals surface area contributed by atoms with Crippen molar-refractivity contribution in [2.24, 2.45) is 7.05 Å². The Balaban J connectivity index is 1.98. The number of ketones is 1. The number of hydrogen-bond donors (Lipinski definition) is 0. The molecule has 0 radical (unpaired) electrons. The Kier molecular flexibility index (Phi) is 2.64. The highest BCUT2D eigenvalue weighted by atomic mass is 32.1. The van der Waals surface area contributed by atoms with Crippen LogP contribution in [-0.2, 0) is 13.5 Å². The molecular weight excluding hydrogens is 248 g/mol. The van der Waals surface area contributed by atoms with E-state index in [-0.39, 0.29) is 12.2 Å². The summed E-state index contributed by atoms with van der Waals surface area (Å²) in [5, 5.41) is 5.40. The van der Waals surface area contributed by atoms with E-state index in [1.165, 1.54) is 6.20 Å². The number of fused-ring (bicyclic) bond motifs is 1. The number of hydrogen-bond acceptors (Lipinski definition) is 5. The highest BCUT2D eigenvalue weighted by Crippen LogP contribution is 2.18. The summed E-state index contributed by atoms with van der Waals surface area (Å²) in [5.74, 6) is -0.0485. The van der Waals surface area contributed by atoms with E-state index in [4.69, 9.17) is 0 Å². The van der Waals surface area contributed by atoms with Gasteiger partial charge in [0.2, 0.25) is 0 Å². The monoisotopic (exact) mass is 258 g/mol. The van der Waals surface area contributed by atoms with Gasteiger partial charge in [-0.05, 0) is 6.07 Å². The van der Waals surface area contributed by atoms with E-state index in [1.807, 2.05) is 31.3 Å². The Morgan fingerprint density at radius 1 is 1.39 bits per heavy atom. The molecule has 0 N–H and O–H groups in total. The number of Topliss-reactive ketones (excluding diaryl/α,β-unsaturated/α-hetero) is 1. The first kappa shape index (κ1) is 11.0. The average Bonchev–Trinajstić information content (AvgIpc) is 3.00. The molecule has 0 saturated heterocycles. The molecule has 0 unspecified atom stereocenters. The number of rotatable bonds is 3. The summed E-state index contributed by atoms with van der Waals surface area (Å²) in [6.45, 7) is 0. The van der Waals surface area contributed by atoms with Gasteiger partial charge < -0.3 is 0 Å². The zero-order chi connectivity index (χ0) is 12.5. The van der Waals surface area contributed by atoms with Crippen LogP contribution in [0.5, 0.6) is 0 Å². The lowest BCUT2D eigenvalue weighted by atomic mass is 10.1. The summed E-state index contributed by atoms with van der Waals surface area (Å²) in [6, 6.07) is 7.87. The van der Waals surface area contributed by atoms with Crippen LogP contribution >= 0.6 is 11.7 Å². The van der Waals surface area contributed by atoms with Gasteiger partial charge in [-0.2, -0.15) is 13.8 Å². The van der Waals surface area contributed by atoms with Gasteiger partial charge in [-0.25, -0.2) is 0 Å². The van der Waals surface area contributed by atoms with Crippen molar-refractivity contribution in [3.63, 3.8) is 0 Å². The second-order valence-electron chi connectivity index (χ2n) is 3.98. The minimum Gasteiger partial charge on any atom is -0.292 e. The van der Waals surface area contributed by atoms with E-state index in [0.29, 0.717) is 5.69 Å². The number of para-hydroxylation sites is 1. The fraction of sp³-hybridized carbons (Fsp3) is 0.167. The molecule has 0 aliphatic heterocycles. The quantitative estimate of drug-likeness (QED) is 0.673. The first-order valence-corrected chi connectivity index (χ1v) is 6.20. The third-order valence-electron chi connectivity index (χ3n) is 2.81. The minimum atomic E-state index is -0.0485. The van der Waals surface area contributed by atoms with Gasteiger partial charge in [0, 0.05) is 12.4 Å². The topological polar surface area (TPSA) is 60.7 Å². The molecule has 6 heteroatoms. The standard InChI is InChI=1S/C12H10N4OS/c1-16-11-5-3-2-4-8(11)9(14-16)6-12(17)10-7-13-18-15-10/h2-5,7H,6H2,1H3. The smallest absolute Gasteiger partial charge is 0.189 e. The molecule has 0 aliphatic rings. The Hall–Kier alpha value is -2.08.